The van der Waals surface area contributed by atoms with Gasteiger partial charge in [-0.3, -0.25) is 4.79 Å². The first-order valence-electron chi connectivity index (χ1n) is 9.97. The fourth-order valence-electron chi connectivity index (χ4n) is 4.18. The molecule has 3 aromatic rings. The predicted molar refractivity (Wildman–Crippen MR) is 110 cm³/mol. The van der Waals surface area contributed by atoms with Crippen molar-refractivity contribution in [1.82, 2.24) is 9.55 Å². The summed E-state index contributed by atoms with van der Waals surface area (Å²) in [5.41, 5.74) is -6.44. The van der Waals surface area contributed by atoms with Crippen molar-refractivity contribution >= 4 is 27.0 Å². The van der Waals surface area contributed by atoms with Gasteiger partial charge >= 0.3 is 21.6 Å². The van der Waals surface area contributed by atoms with E-state index in [0.29, 0.717) is 22.3 Å². The van der Waals surface area contributed by atoms with Crippen LogP contribution in [0.15, 0.2) is 35.1 Å². The number of rotatable bonds is 3. The highest BCUT2D eigenvalue weighted by molar-refractivity contribution is 7.88. The van der Waals surface area contributed by atoms with Crippen LogP contribution >= 0.6 is 0 Å². The van der Waals surface area contributed by atoms with Gasteiger partial charge in [-0.05, 0) is 30.7 Å². The SMILES string of the molecule is CC[C@@]1(O)C(=O)OCc2c1cc1n(c2=O)Cc2cc3ccc(OS(=O)(=O)C(F)(F)F)cc3nc2-1. The van der Waals surface area contributed by atoms with Gasteiger partial charge in [-0.1, -0.05) is 6.92 Å². The van der Waals surface area contributed by atoms with Crippen LogP contribution in [0.25, 0.3) is 22.3 Å². The number of alkyl halides is 3. The van der Waals surface area contributed by atoms with Crippen molar-refractivity contribution in [1.29, 1.82) is 0 Å². The highest BCUT2D eigenvalue weighted by Gasteiger charge is 2.48. The number of pyridine rings is 2. The van der Waals surface area contributed by atoms with E-state index in [1.807, 2.05) is 0 Å². The number of hydrogen-bond acceptors (Lipinski definition) is 8. The van der Waals surface area contributed by atoms with Crippen LogP contribution < -0.4 is 9.74 Å². The minimum absolute atomic E-state index is 0.0336. The fourth-order valence-corrected chi connectivity index (χ4v) is 4.63. The van der Waals surface area contributed by atoms with E-state index in [1.165, 1.54) is 16.7 Å². The van der Waals surface area contributed by atoms with E-state index in [1.54, 1.807) is 13.0 Å². The summed E-state index contributed by atoms with van der Waals surface area (Å²) in [6.07, 6.45) is -0.0336. The summed E-state index contributed by atoms with van der Waals surface area (Å²) in [6.45, 7) is 1.42. The van der Waals surface area contributed by atoms with Crippen LogP contribution in [0.4, 0.5) is 13.2 Å². The molecule has 178 valence electrons. The second-order valence-corrected chi connectivity index (χ2v) is 9.47. The Morgan fingerprint density at radius 3 is 2.65 bits per heavy atom. The zero-order chi connectivity index (χ0) is 24.6. The zero-order valence-corrected chi connectivity index (χ0v) is 18.2. The van der Waals surface area contributed by atoms with Crippen molar-refractivity contribution in [3.8, 4) is 17.1 Å². The molecule has 1 aromatic carbocycles. The lowest BCUT2D eigenvalue weighted by molar-refractivity contribution is -0.172. The molecule has 1 N–H and O–H groups in total. The minimum Gasteiger partial charge on any atom is -0.458 e. The molecular formula is C21H15F3N2O7S. The van der Waals surface area contributed by atoms with E-state index in [-0.39, 0.29) is 36.2 Å². The Morgan fingerprint density at radius 1 is 1.24 bits per heavy atom. The molecule has 1 atom stereocenters. The number of cyclic esters (lactones) is 1. The zero-order valence-electron chi connectivity index (χ0n) is 17.3. The molecule has 9 nitrogen and oxygen atoms in total. The summed E-state index contributed by atoms with van der Waals surface area (Å²) in [5.74, 6) is -1.45. The van der Waals surface area contributed by atoms with Crippen LogP contribution in [0.5, 0.6) is 5.75 Å². The Bertz CT molecular complexity index is 1560. The molecule has 0 aliphatic carbocycles. The third-order valence-corrected chi connectivity index (χ3v) is 6.95. The fraction of sp³-hybridized carbons (Fsp3) is 0.286. The van der Waals surface area contributed by atoms with E-state index in [0.717, 1.165) is 12.1 Å². The summed E-state index contributed by atoms with van der Waals surface area (Å²) in [5, 5.41) is 11.4. The summed E-state index contributed by atoms with van der Waals surface area (Å²) in [4.78, 5) is 29.8. The van der Waals surface area contributed by atoms with Crippen molar-refractivity contribution in [3.63, 3.8) is 0 Å². The molecule has 2 aliphatic heterocycles. The van der Waals surface area contributed by atoms with Gasteiger partial charge in [0.1, 0.15) is 12.4 Å². The third kappa shape index (κ3) is 3.10. The molecule has 0 radical (unpaired) electrons. The molecule has 2 aromatic heterocycles. The number of esters is 1. The van der Waals surface area contributed by atoms with Crippen LogP contribution in [0.3, 0.4) is 0 Å². The van der Waals surface area contributed by atoms with Crippen molar-refractivity contribution in [2.24, 2.45) is 0 Å². The highest BCUT2D eigenvalue weighted by Crippen LogP contribution is 2.39. The molecule has 0 bridgehead atoms. The molecule has 34 heavy (non-hydrogen) atoms. The van der Waals surface area contributed by atoms with Crippen molar-refractivity contribution in [3.05, 3.63) is 57.4 Å². The van der Waals surface area contributed by atoms with E-state index in [4.69, 9.17) is 4.74 Å². The van der Waals surface area contributed by atoms with Gasteiger partial charge in [0.2, 0.25) is 0 Å². The number of carbonyl (C=O) groups excluding carboxylic acids is 1. The van der Waals surface area contributed by atoms with Crippen molar-refractivity contribution < 1.29 is 40.4 Å². The van der Waals surface area contributed by atoms with Crippen LogP contribution in [0.1, 0.15) is 30.0 Å². The number of ether oxygens (including phenoxy) is 1. The molecule has 0 fully saturated rings. The van der Waals surface area contributed by atoms with Crippen molar-refractivity contribution in [2.75, 3.05) is 0 Å². The lowest BCUT2D eigenvalue weighted by Crippen LogP contribution is -2.44. The van der Waals surface area contributed by atoms with Crippen LogP contribution in [-0.4, -0.2) is 34.6 Å². The Labute approximate surface area is 189 Å². The van der Waals surface area contributed by atoms with E-state index in [9.17, 15) is 36.3 Å². The second-order valence-electron chi connectivity index (χ2n) is 7.94. The number of carbonyl (C=O) groups is 1. The maximum atomic E-state index is 13.1. The Balaban J connectivity index is 1.65. The van der Waals surface area contributed by atoms with Gasteiger partial charge in [-0.25, -0.2) is 9.78 Å². The molecule has 0 saturated carbocycles. The lowest BCUT2D eigenvalue weighted by Gasteiger charge is -2.31. The molecule has 0 spiro atoms. The van der Waals surface area contributed by atoms with Crippen molar-refractivity contribution in [2.45, 2.75) is 37.6 Å². The monoisotopic (exact) mass is 496 g/mol. The van der Waals surface area contributed by atoms with E-state index in [2.05, 4.69) is 9.17 Å². The van der Waals surface area contributed by atoms with Crippen LogP contribution in [0.2, 0.25) is 0 Å². The number of halogens is 3. The minimum atomic E-state index is -5.86. The smallest absolute Gasteiger partial charge is 0.458 e. The molecule has 4 heterocycles. The number of hydrogen-bond donors (Lipinski definition) is 1. The highest BCUT2D eigenvalue weighted by atomic mass is 32.2. The Hall–Kier alpha value is -3.45. The summed E-state index contributed by atoms with van der Waals surface area (Å²) < 4.78 is 71.2. The number of nitrogens with zero attached hydrogens (tertiary/aromatic N) is 2. The second kappa shape index (κ2) is 7.03. The van der Waals surface area contributed by atoms with Crippen LogP contribution in [-0.2, 0) is 38.4 Å². The maximum Gasteiger partial charge on any atom is 0.534 e. The quantitative estimate of drug-likeness (QED) is 0.260. The van der Waals surface area contributed by atoms with Gasteiger partial charge in [-0.2, -0.15) is 21.6 Å². The molecule has 5 rings (SSSR count). The maximum absolute atomic E-state index is 13.1. The average molecular weight is 496 g/mol. The third-order valence-electron chi connectivity index (χ3n) is 5.97. The van der Waals surface area contributed by atoms with E-state index < -0.39 is 38.5 Å². The molecule has 2 aliphatic rings. The standard InChI is InChI=1S/C21H15F3N2O7S/c1-2-20(29)14-7-16-17-11(8-26(16)18(27)13(14)9-32-19(20)28)5-10-3-4-12(6-15(10)25-17)33-34(30,31)21(22,23)24/h3-7,29H,2,8-9H2,1H3/t20-/m0/s1. The van der Waals surface area contributed by atoms with E-state index >= 15 is 0 Å². The average Bonchev–Trinajstić information content (AvgIpc) is 3.12. The molecule has 0 amide bonds. The largest absolute Gasteiger partial charge is 0.534 e. The molecule has 0 saturated heterocycles. The molecule has 13 heteroatoms. The first-order valence-corrected chi connectivity index (χ1v) is 11.4. The van der Waals surface area contributed by atoms with Gasteiger partial charge < -0.3 is 18.6 Å². The lowest BCUT2D eigenvalue weighted by atomic mass is 9.86. The number of fused-ring (bicyclic) bond motifs is 5. The van der Waals surface area contributed by atoms with Gasteiger partial charge in [0, 0.05) is 22.6 Å². The molecular weight excluding hydrogens is 481 g/mol. The molecule has 0 unspecified atom stereocenters. The summed E-state index contributed by atoms with van der Waals surface area (Å²) in [7, 11) is -5.86. The van der Waals surface area contributed by atoms with Gasteiger partial charge in [-0.15, -0.1) is 0 Å². The first-order chi connectivity index (χ1) is 15.9. The number of benzene rings is 1. The predicted octanol–water partition coefficient (Wildman–Crippen LogP) is 2.31. The number of aliphatic hydroxyl groups is 1. The summed E-state index contributed by atoms with van der Waals surface area (Å²) >= 11 is 0. The van der Waals surface area contributed by atoms with Gasteiger partial charge in [0.05, 0.1) is 29.0 Å². The Kier molecular flexibility index (Phi) is 4.62. The normalized spacial score (nSPS) is 19.4. The first kappa shape index (κ1) is 22.3. The Morgan fingerprint density at radius 2 is 1.97 bits per heavy atom. The van der Waals surface area contributed by atoms with Gasteiger partial charge in [0.25, 0.3) is 5.56 Å². The van der Waals surface area contributed by atoms with Gasteiger partial charge in [0.15, 0.2) is 5.60 Å². The summed E-state index contributed by atoms with van der Waals surface area (Å²) in [6, 6.07) is 6.61. The number of aromatic nitrogens is 2. The van der Waals surface area contributed by atoms with Crippen LogP contribution in [0, 0.1) is 0 Å². The topological polar surface area (TPSA) is 125 Å².